The van der Waals surface area contributed by atoms with Gasteiger partial charge in [0.2, 0.25) is 0 Å². The number of ether oxygens (including phenoxy) is 1. The van der Waals surface area contributed by atoms with Crippen molar-refractivity contribution in [1.82, 2.24) is 9.80 Å². The standard InChI is InChI=1S/C22H27FN2O/c23-20-8-6-19(7-9-20)17-25-11-10-21(24-12-14-26-15-13-24)22(25)16-18-4-2-1-3-5-18/h1-9,21-22H,10-17H2/t21-,22+/m0/s1. The smallest absolute Gasteiger partial charge is 0.123 e. The SMILES string of the molecule is Fc1ccc(CN2CC[C@H](N3CCOCC3)[C@H]2Cc2ccccc2)cc1. The maximum Gasteiger partial charge on any atom is 0.123 e. The lowest BCUT2D eigenvalue weighted by Gasteiger charge is -2.37. The van der Waals surface area contributed by atoms with Crippen LogP contribution in [0, 0.1) is 5.82 Å². The van der Waals surface area contributed by atoms with E-state index in [2.05, 4.69) is 40.1 Å². The van der Waals surface area contributed by atoms with Gasteiger partial charge in [-0.2, -0.15) is 0 Å². The molecule has 0 N–H and O–H groups in total. The molecule has 0 radical (unpaired) electrons. The molecule has 26 heavy (non-hydrogen) atoms. The predicted octanol–water partition coefficient (Wildman–Crippen LogP) is 3.34. The molecule has 0 bridgehead atoms. The van der Waals surface area contributed by atoms with Gasteiger partial charge in [0.15, 0.2) is 0 Å². The highest BCUT2D eigenvalue weighted by atomic mass is 19.1. The minimum absolute atomic E-state index is 0.165. The van der Waals surface area contributed by atoms with Gasteiger partial charge in [0, 0.05) is 38.3 Å². The van der Waals surface area contributed by atoms with E-state index in [0.717, 1.165) is 45.8 Å². The van der Waals surface area contributed by atoms with Gasteiger partial charge in [-0.15, -0.1) is 0 Å². The zero-order chi connectivity index (χ0) is 17.8. The van der Waals surface area contributed by atoms with Crippen LogP contribution in [0.1, 0.15) is 17.5 Å². The Bertz CT molecular complexity index is 685. The van der Waals surface area contributed by atoms with Crippen LogP contribution in [0.4, 0.5) is 4.39 Å². The Morgan fingerprint density at radius 1 is 0.885 bits per heavy atom. The van der Waals surface area contributed by atoms with Crippen LogP contribution in [0.25, 0.3) is 0 Å². The third-order valence-corrected chi connectivity index (χ3v) is 5.73. The minimum atomic E-state index is -0.165. The molecule has 138 valence electrons. The minimum Gasteiger partial charge on any atom is -0.379 e. The van der Waals surface area contributed by atoms with Crippen LogP contribution in [-0.2, 0) is 17.7 Å². The Hall–Kier alpha value is -1.75. The Labute approximate surface area is 155 Å². The van der Waals surface area contributed by atoms with Crippen LogP contribution in [-0.4, -0.2) is 54.7 Å². The highest BCUT2D eigenvalue weighted by molar-refractivity contribution is 5.19. The van der Waals surface area contributed by atoms with Crippen molar-refractivity contribution < 1.29 is 9.13 Å². The first-order valence-electron chi connectivity index (χ1n) is 9.64. The molecule has 2 aromatic carbocycles. The summed E-state index contributed by atoms with van der Waals surface area (Å²) in [6, 6.07) is 18.8. The molecule has 2 heterocycles. The number of rotatable bonds is 5. The Kier molecular flexibility index (Phi) is 5.63. The Morgan fingerprint density at radius 3 is 2.35 bits per heavy atom. The van der Waals surface area contributed by atoms with E-state index in [1.165, 1.54) is 17.5 Å². The Balaban J connectivity index is 1.52. The number of nitrogens with zero attached hydrogens (tertiary/aromatic N) is 2. The third-order valence-electron chi connectivity index (χ3n) is 5.73. The molecule has 2 fully saturated rings. The molecule has 2 aromatic rings. The van der Waals surface area contributed by atoms with E-state index in [9.17, 15) is 4.39 Å². The molecular weight excluding hydrogens is 327 g/mol. The summed E-state index contributed by atoms with van der Waals surface area (Å²) in [7, 11) is 0. The van der Waals surface area contributed by atoms with Gasteiger partial charge < -0.3 is 4.74 Å². The first-order chi connectivity index (χ1) is 12.8. The van der Waals surface area contributed by atoms with Crippen LogP contribution in [0.3, 0.4) is 0 Å². The van der Waals surface area contributed by atoms with E-state index in [0.29, 0.717) is 12.1 Å². The zero-order valence-electron chi connectivity index (χ0n) is 15.2. The average molecular weight is 354 g/mol. The summed E-state index contributed by atoms with van der Waals surface area (Å²) in [5.74, 6) is -0.165. The predicted molar refractivity (Wildman–Crippen MR) is 102 cm³/mol. The Morgan fingerprint density at radius 2 is 1.62 bits per heavy atom. The molecule has 0 saturated carbocycles. The number of likely N-dealkylation sites (tertiary alicyclic amines) is 1. The molecule has 0 amide bonds. The third kappa shape index (κ3) is 4.14. The highest BCUT2D eigenvalue weighted by Crippen LogP contribution is 2.28. The van der Waals surface area contributed by atoms with E-state index in [4.69, 9.17) is 4.74 Å². The van der Waals surface area contributed by atoms with Crippen LogP contribution in [0.2, 0.25) is 0 Å². The second-order valence-corrected chi connectivity index (χ2v) is 7.36. The van der Waals surface area contributed by atoms with Crippen molar-refractivity contribution in [2.75, 3.05) is 32.8 Å². The van der Waals surface area contributed by atoms with Crippen molar-refractivity contribution >= 4 is 0 Å². The topological polar surface area (TPSA) is 15.7 Å². The fraction of sp³-hybridized carbons (Fsp3) is 0.455. The number of benzene rings is 2. The molecule has 3 nitrogen and oxygen atoms in total. The molecule has 4 rings (SSSR count). The summed E-state index contributed by atoms with van der Waals surface area (Å²) in [6.07, 6.45) is 2.25. The van der Waals surface area contributed by atoms with E-state index >= 15 is 0 Å². The van der Waals surface area contributed by atoms with Crippen LogP contribution in [0.15, 0.2) is 54.6 Å². The number of halogens is 1. The second-order valence-electron chi connectivity index (χ2n) is 7.36. The molecule has 2 aliphatic rings. The lowest BCUT2D eigenvalue weighted by atomic mass is 9.98. The monoisotopic (exact) mass is 354 g/mol. The van der Waals surface area contributed by atoms with Gasteiger partial charge in [-0.05, 0) is 36.1 Å². The van der Waals surface area contributed by atoms with Crippen molar-refractivity contribution in [2.45, 2.75) is 31.5 Å². The van der Waals surface area contributed by atoms with Crippen molar-refractivity contribution in [3.05, 3.63) is 71.5 Å². The lowest BCUT2D eigenvalue weighted by Crippen LogP contribution is -2.50. The van der Waals surface area contributed by atoms with E-state index < -0.39 is 0 Å². The molecule has 2 aliphatic heterocycles. The highest BCUT2D eigenvalue weighted by Gasteiger charge is 2.38. The molecule has 0 spiro atoms. The number of morpholine rings is 1. The molecule has 2 saturated heterocycles. The van der Waals surface area contributed by atoms with Gasteiger partial charge in [0.25, 0.3) is 0 Å². The molecule has 0 aromatic heterocycles. The van der Waals surface area contributed by atoms with Gasteiger partial charge in [-0.25, -0.2) is 4.39 Å². The van der Waals surface area contributed by atoms with E-state index in [1.54, 1.807) is 12.1 Å². The fourth-order valence-corrected chi connectivity index (χ4v) is 4.38. The second kappa shape index (κ2) is 8.30. The van der Waals surface area contributed by atoms with Gasteiger partial charge in [-0.3, -0.25) is 9.80 Å². The van der Waals surface area contributed by atoms with Gasteiger partial charge in [0.05, 0.1) is 13.2 Å². The summed E-state index contributed by atoms with van der Waals surface area (Å²) >= 11 is 0. The van der Waals surface area contributed by atoms with Crippen LogP contribution < -0.4 is 0 Å². The lowest BCUT2D eigenvalue weighted by molar-refractivity contribution is 0.00789. The average Bonchev–Trinajstić information content (AvgIpc) is 3.07. The largest absolute Gasteiger partial charge is 0.379 e. The summed E-state index contributed by atoms with van der Waals surface area (Å²) in [6.45, 7) is 5.72. The van der Waals surface area contributed by atoms with Crippen LogP contribution >= 0.6 is 0 Å². The van der Waals surface area contributed by atoms with Crippen molar-refractivity contribution in [2.24, 2.45) is 0 Å². The van der Waals surface area contributed by atoms with E-state index in [-0.39, 0.29) is 5.82 Å². The quantitative estimate of drug-likeness (QED) is 0.819. The van der Waals surface area contributed by atoms with Crippen molar-refractivity contribution in [3.63, 3.8) is 0 Å². The zero-order valence-corrected chi connectivity index (χ0v) is 15.2. The van der Waals surface area contributed by atoms with Crippen molar-refractivity contribution in [1.29, 1.82) is 0 Å². The molecule has 0 unspecified atom stereocenters. The normalized spacial score (nSPS) is 24.8. The number of hydrogen-bond donors (Lipinski definition) is 0. The molecular formula is C22H27FN2O. The van der Waals surface area contributed by atoms with Gasteiger partial charge >= 0.3 is 0 Å². The summed E-state index contributed by atoms with van der Waals surface area (Å²) in [5.41, 5.74) is 2.58. The van der Waals surface area contributed by atoms with Gasteiger partial charge in [0.1, 0.15) is 5.82 Å². The van der Waals surface area contributed by atoms with E-state index in [1.807, 2.05) is 12.1 Å². The number of hydrogen-bond acceptors (Lipinski definition) is 3. The molecule has 2 atom stereocenters. The first kappa shape index (κ1) is 17.7. The maximum atomic E-state index is 13.2. The van der Waals surface area contributed by atoms with Gasteiger partial charge in [-0.1, -0.05) is 42.5 Å². The summed E-state index contributed by atoms with van der Waals surface area (Å²) in [4.78, 5) is 5.20. The first-order valence-corrected chi connectivity index (χ1v) is 9.64. The fourth-order valence-electron chi connectivity index (χ4n) is 4.38. The van der Waals surface area contributed by atoms with Crippen molar-refractivity contribution in [3.8, 4) is 0 Å². The molecule has 0 aliphatic carbocycles. The maximum absolute atomic E-state index is 13.2. The summed E-state index contributed by atoms with van der Waals surface area (Å²) < 4.78 is 18.8. The summed E-state index contributed by atoms with van der Waals surface area (Å²) in [5, 5.41) is 0. The van der Waals surface area contributed by atoms with Crippen LogP contribution in [0.5, 0.6) is 0 Å². The molecule has 4 heteroatoms.